The van der Waals surface area contributed by atoms with Crippen molar-refractivity contribution in [2.45, 2.75) is 0 Å². The van der Waals surface area contributed by atoms with E-state index in [2.05, 4.69) is 22.2 Å². The normalized spacial score (nSPS) is 11.0. The van der Waals surface area contributed by atoms with E-state index in [1.165, 1.54) is 0 Å². The first kappa shape index (κ1) is 11.0. The van der Waals surface area contributed by atoms with Crippen LogP contribution in [-0.2, 0) is 0 Å². The van der Waals surface area contributed by atoms with Crippen molar-refractivity contribution in [3.63, 3.8) is 0 Å². The summed E-state index contributed by atoms with van der Waals surface area (Å²) in [4.78, 5) is 4.13. The summed E-state index contributed by atoms with van der Waals surface area (Å²) in [6.45, 7) is 0. The van der Waals surface area contributed by atoms with Gasteiger partial charge in [0.25, 0.3) is 0 Å². The van der Waals surface area contributed by atoms with Crippen LogP contribution in [0.25, 0.3) is 22.3 Å². The topological polar surface area (TPSA) is 35.1 Å². The number of para-hydroxylation sites is 1. The third kappa shape index (κ3) is 1.78. The lowest BCUT2D eigenvalue weighted by Crippen LogP contribution is -1.92. The summed E-state index contributed by atoms with van der Waals surface area (Å²) in [6, 6.07) is 14.3. The minimum absolute atomic E-state index is 1.06. The van der Waals surface area contributed by atoms with Crippen LogP contribution in [0.3, 0.4) is 0 Å². The van der Waals surface area contributed by atoms with Crippen LogP contribution in [0.4, 0.5) is 0 Å². The molecule has 0 fully saturated rings. The van der Waals surface area contributed by atoms with E-state index in [4.69, 9.17) is 0 Å². The first-order valence-electron chi connectivity index (χ1n) is 6.42. The molecule has 96 valence electrons. The van der Waals surface area contributed by atoms with Crippen LogP contribution in [0.2, 0.25) is 0 Å². The van der Waals surface area contributed by atoms with Crippen LogP contribution >= 0.6 is 0 Å². The van der Waals surface area contributed by atoms with Gasteiger partial charge in [0.05, 0.1) is 29.9 Å². The van der Waals surface area contributed by atoms with Crippen LogP contribution in [0.15, 0.2) is 73.6 Å². The van der Waals surface area contributed by atoms with Crippen LogP contribution in [0.5, 0.6) is 0 Å². The molecule has 4 rings (SSSR count). The molecule has 0 atom stereocenters. The van der Waals surface area contributed by atoms with Gasteiger partial charge in [0, 0.05) is 18.0 Å². The van der Waals surface area contributed by atoms with Gasteiger partial charge in [0.1, 0.15) is 0 Å². The Kier molecular flexibility index (Phi) is 2.39. The Morgan fingerprint density at radius 2 is 1.80 bits per heavy atom. The number of pyridine rings is 1. The van der Waals surface area contributed by atoms with Gasteiger partial charge in [-0.3, -0.25) is 0 Å². The average Bonchev–Trinajstić information content (AvgIpc) is 3.16. The highest BCUT2D eigenvalue weighted by atomic mass is 15.3. The molecule has 0 radical (unpaired) electrons. The molecule has 0 aliphatic heterocycles. The molecule has 1 aromatic carbocycles. The van der Waals surface area contributed by atoms with Gasteiger partial charge in [-0.2, -0.15) is 5.10 Å². The molecule has 0 bridgehead atoms. The molecule has 0 saturated carbocycles. The fraction of sp³-hybridized carbons (Fsp3) is 0. The van der Waals surface area contributed by atoms with E-state index in [9.17, 15) is 0 Å². The van der Waals surface area contributed by atoms with Crippen LogP contribution in [0, 0.1) is 0 Å². The van der Waals surface area contributed by atoms with Gasteiger partial charge in [0.15, 0.2) is 0 Å². The number of hydrogen-bond acceptors (Lipinski definition) is 2. The van der Waals surface area contributed by atoms with Crippen molar-refractivity contribution in [1.82, 2.24) is 19.2 Å². The Labute approximate surface area is 115 Å². The first-order chi connectivity index (χ1) is 9.90. The zero-order chi connectivity index (χ0) is 13.4. The maximum atomic E-state index is 4.42. The van der Waals surface area contributed by atoms with Crippen LogP contribution in [0.1, 0.15) is 0 Å². The zero-order valence-electron chi connectivity index (χ0n) is 10.7. The van der Waals surface area contributed by atoms with E-state index >= 15 is 0 Å². The lowest BCUT2D eigenvalue weighted by molar-refractivity contribution is 0.881. The van der Waals surface area contributed by atoms with Crippen molar-refractivity contribution in [1.29, 1.82) is 0 Å². The van der Waals surface area contributed by atoms with Crippen molar-refractivity contribution in [3.8, 4) is 16.8 Å². The second kappa shape index (κ2) is 4.35. The monoisotopic (exact) mass is 260 g/mol. The number of imidazole rings is 1. The summed E-state index contributed by atoms with van der Waals surface area (Å²) in [7, 11) is 0. The van der Waals surface area contributed by atoms with Gasteiger partial charge < -0.3 is 4.40 Å². The molecule has 0 aliphatic carbocycles. The number of hydrogen-bond donors (Lipinski definition) is 0. The minimum atomic E-state index is 1.06. The highest BCUT2D eigenvalue weighted by Crippen LogP contribution is 2.21. The van der Waals surface area contributed by atoms with Gasteiger partial charge in [-0.1, -0.05) is 18.2 Å². The Hall–Kier alpha value is -2.88. The smallest absolute Gasteiger partial charge is 0.0991 e. The summed E-state index contributed by atoms with van der Waals surface area (Å²) < 4.78 is 3.88. The average molecular weight is 260 g/mol. The van der Waals surface area contributed by atoms with E-state index in [0.717, 1.165) is 22.3 Å². The zero-order valence-corrected chi connectivity index (χ0v) is 10.7. The van der Waals surface area contributed by atoms with Crippen molar-refractivity contribution in [2.24, 2.45) is 0 Å². The quantitative estimate of drug-likeness (QED) is 0.555. The van der Waals surface area contributed by atoms with Gasteiger partial charge in [0.2, 0.25) is 0 Å². The molecule has 3 heterocycles. The largest absolute Gasteiger partial charge is 0.306 e. The maximum absolute atomic E-state index is 4.42. The minimum Gasteiger partial charge on any atom is -0.306 e. The Morgan fingerprint density at radius 3 is 2.70 bits per heavy atom. The van der Waals surface area contributed by atoms with Crippen molar-refractivity contribution >= 4 is 5.52 Å². The molecule has 20 heavy (non-hydrogen) atoms. The number of nitrogens with zero attached hydrogens (tertiary/aromatic N) is 4. The molecular formula is C16H12N4. The number of fused-ring (bicyclic) bond motifs is 1. The van der Waals surface area contributed by atoms with Gasteiger partial charge in [-0.15, -0.1) is 0 Å². The van der Waals surface area contributed by atoms with Gasteiger partial charge in [-0.05, 0) is 29.8 Å². The third-order valence-electron chi connectivity index (χ3n) is 3.35. The predicted molar refractivity (Wildman–Crippen MR) is 77.8 cm³/mol. The lowest BCUT2D eigenvalue weighted by Gasteiger charge is -2.00. The maximum Gasteiger partial charge on any atom is 0.0991 e. The molecule has 4 nitrogen and oxygen atoms in total. The molecule has 0 aliphatic rings. The molecule has 0 amide bonds. The number of rotatable bonds is 2. The highest BCUT2D eigenvalue weighted by molar-refractivity contribution is 5.67. The SMILES string of the molecule is c1ccc(-n2cc(-c3ccn4cncc4c3)cn2)cc1. The molecule has 0 unspecified atom stereocenters. The third-order valence-corrected chi connectivity index (χ3v) is 3.35. The van der Waals surface area contributed by atoms with Crippen molar-refractivity contribution in [3.05, 3.63) is 73.6 Å². The molecule has 3 aromatic heterocycles. The fourth-order valence-corrected chi connectivity index (χ4v) is 2.29. The summed E-state index contributed by atoms with van der Waals surface area (Å²) in [5.74, 6) is 0. The summed E-state index contributed by atoms with van der Waals surface area (Å²) in [6.07, 6.45) is 9.59. The van der Waals surface area contributed by atoms with E-state index in [1.54, 1.807) is 6.33 Å². The molecule has 0 spiro atoms. The van der Waals surface area contributed by atoms with Crippen LogP contribution < -0.4 is 0 Å². The van der Waals surface area contributed by atoms with Crippen LogP contribution in [-0.4, -0.2) is 19.2 Å². The van der Waals surface area contributed by atoms with E-state index in [0.29, 0.717) is 0 Å². The lowest BCUT2D eigenvalue weighted by atomic mass is 10.1. The van der Waals surface area contributed by atoms with Crippen molar-refractivity contribution < 1.29 is 0 Å². The Bertz CT molecular complexity index is 858. The molecule has 0 saturated heterocycles. The standard InChI is InChI=1S/C16H12N4/c1-2-4-15(5-3-1)20-11-14(9-18-20)13-6-7-19-12-17-10-16(19)8-13/h1-12H. The van der Waals surface area contributed by atoms with Gasteiger partial charge >= 0.3 is 0 Å². The Balaban J connectivity index is 1.77. The van der Waals surface area contributed by atoms with E-state index in [1.807, 2.05) is 64.2 Å². The molecular weight excluding hydrogens is 248 g/mol. The Morgan fingerprint density at radius 1 is 0.900 bits per heavy atom. The summed E-state index contributed by atoms with van der Waals surface area (Å²) >= 11 is 0. The number of benzene rings is 1. The van der Waals surface area contributed by atoms with Crippen molar-refractivity contribution in [2.75, 3.05) is 0 Å². The van der Waals surface area contributed by atoms with E-state index < -0.39 is 0 Å². The van der Waals surface area contributed by atoms with E-state index in [-0.39, 0.29) is 0 Å². The second-order valence-electron chi connectivity index (χ2n) is 4.65. The predicted octanol–water partition coefficient (Wildman–Crippen LogP) is 3.19. The molecule has 4 heteroatoms. The number of aromatic nitrogens is 4. The first-order valence-corrected chi connectivity index (χ1v) is 6.42. The highest BCUT2D eigenvalue weighted by Gasteiger charge is 2.04. The van der Waals surface area contributed by atoms with Gasteiger partial charge in [-0.25, -0.2) is 9.67 Å². The summed E-state index contributed by atoms with van der Waals surface area (Å²) in [5, 5.41) is 4.42. The fourth-order valence-electron chi connectivity index (χ4n) is 2.29. The molecule has 0 N–H and O–H groups in total. The second-order valence-corrected chi connectivity index (χ2v) is 4.65. The summed E-state index contributed by atoms with van der Waals surface area (Å²) in [5.41, 5.74) is 4.37. The molecule has 4 aromatic rings.